The summed E-state index contributed by atoms with van der Waals surface area (Å²) in [6, 6.07) is 4.07. The van der Waals surface area contributed by atoms with Crippen LogP contribution in [0, 0.1) is 5.92 Å². The van der Waals surface area contributed by atoms with Gasteiger partial charge in [-0.25, -0.2) is 0 Å². The molecule has 0 aromatic carbocycles. The first-order chi connectivity index (χ1) is 7.24. The molecule has 4 nitrogen and oxygen atoms in total. The summed E-state index contributed by atoms with van der Waals surface area (Å²) in [5.74, 6) is 0.0623. The van der Waals surface area contributed by atoms with Crippen molar-refractivity contribution in [3.63, 3.8) is 0 Å². The van der Waals surface area contributed by atoms with E-state index in [9.17, 15) is 4.79 Å². The van der Waals surface area contributed by atoms with E-state index < -0.39 is 0 Å². The minimum Gasteiger partial charge on any atom is -0.469 e. The average Bonchev–Trinajstić information content (AvgIpc) is 2.84. The monoisotopic (exact) mass is 208 g/mol. The number of hydrogen-bond donors (Lipinski definition) is 1. The van der Waals surface area contributed by atoms with E-state index in [2.05, 4.69) is 16.0 Å². The maximum Gasteiger partial charge on any atom is 0.310 e. The Kier molecular flexibility index (Phi) is 2.77. The van der Waals surface area contributed by atoms with Crippen LogP contribution in [0.25, 0.3) is 0 Å². The molecule has 0 aliphatic carbocycles. The van der Waals surface area contributed by atoms with Crippen molar-refractivity contribution in [1.29, 1.82) is 0 Å². The Morgan fingerprint density at radius 1 is 1.60 bits per heavy atom. The highest BCUT2D eigenvalue weighted by atomic mass is 16.5. The molecule has 1 aromatic heterocycles. The third-order valence-corrected chi connectivity index (χ3v) is 3.08. The van der Waals surface area contributed by atoms with E-state index >= 15 is 0 Å². The molecule has 1 aliphatic rings. The number of esters is 1. The number of carbonyl (C=O) groups is 1. The molecular weight excluding hydrogens is 192 g/mol. The van der Waals surface area contributed by atoms with Crippen LogP contribution in [0.15, 0.2) is 18.3 Å². The molecule has 0 saturated carbocycles. The zero-order valence-electron chi connectivity index (χ0n) is 9.06. The molecule has 2 heterocycles. The standard InChI is InChI=1S/C11H16N2O2/c1-13-5-3-4-10(13)8-6-12-7-9(8)11(14)15-2/h3-5,8-9,12H,6-7H2,1-2H3/t8-,9+/m1/s1. The summed E-state index contributed by atoms with van der Waals surface area (Å²) in [6.07, 6.45) is 2.00. The minimum absolute atomic E-state index is 0.0522. The van der Waals surface area contributed by atoms with Crippen LogP contribution in [0.3, 0.4) is 0 Å². The summed E-state index contributed by atoms with van der Waals surface area (Å²) in [7, 11) is 3.45. The molecule has 82 valence electrons. The number of hydrogen-bond acceptors (Lipinski definition) is 3. The van der Waals surface area contributed by atoms with E-state index in [0.717, 1.165) is 6.54 Å². The number of nitrogens with one attached hydrogen (secondary N) is 1. The topological polar surface area (TPSA) is 43.3 Å². The van der Waals surface area contributed by atoms with Crippen molar-refractivity contribution in [1.82, 2.24) is 9.88 Å². The van der Waals surface area contributed by atoms with Gasteiger partial charge in [0.2, 0.25) is 0 Å². The minimum atomic E-state index is -0.119. The Morgan fingerprint density at radius 2 is 2.40 bits per heavy atom. The van der Waals surface area contributed by atoms with E-state index in [1.165, 1.54) is 12.8 Å². The second-order valence-electron chi connectivity index (χ2n) is 3.94. The summed E-state index contributed by atoms with van der Waals surface area (Å²) < 4.78 is 6.88. The summed E-state index contributed by atoms with van der Waals surface area (Å²) in [5.41, 5.74) is 1.19. The van der Waals surface area contributed by atoms with Crippen LogP contribution in [0.4, 0.5) is 0 Å². The van der Waals surface area contributed by atoms with Crippen molar-refractivity contribution in [2.45, 2.75) is 5.92 Å². The third kappa shape index (κ3) is 1.77. The van der Waals surface area contributed by atoms with Gasteiger partial charge in [-0.3, -0.25) is 4.79 Å². The average molecular weight is 208 g/mol. The summed E-state index contributed by atoms with van der Waals surface area (Å²) >= 11 is 0. The lowest BCUT2D eigenvalue weighted by Crippen LogP contribution is -2.23. The number of ether oxygens (including phenoxy) is 1. The van der Waals surface area contributed by atoms with Gasteiger partial charge in [0.25, 0.3) is 0 Å². The van der Waals surface area contributed by atoms with E-state index in [4.69, 9.17) is 4.74 Å². The normalized spacial score (nSPS) is 25.5. The van der Waals surface area contributed by atoms with Gasteiger partial charge in [-0.15, -0.1) is 0 Å². The highest BCUT2D eigenvalue weighted by molar-refractivity contribution is 5.74. The fraction of sp³-hybridized carbons (Fsp3) is 0.545. The van der Waals surface area contributed by atoms with E-state index in [1.807, 2.05) is 19.3 Å². The Bertz CT molecular complexity index is 359. The summed E-state index contributed by atoms with van der Waals surface area (Å²) in [4.78, 5) is 11.6. The number of aryl methyl sites for hydroxylation is 1. The first-order valence-corrected chi connectivity index (χ1v) is 5.14. The largest absolute Gasteiger partial charge is 0.469 e. The highest BCUT2D eigenvalue weighted by Gasteiger charge is 2.35. The molecule has 4 heteroatoms. The summed E-state index contributed by atoms with van der Waals surface area (Å²) in [6.45, 7) is 1.56. The zero-order valence-corrected chi connectivity index (χ0v) is 9.06. The second-order valence-corrected chi connectivity index (χ2v) is 3.94. The van der Waals surface area contributed by atoms with Crippen LogP contribution < -0.4 is 5.32 Å². The van der Waals surface area contributed by atoms with Gasteiger partial charge in [0.05, 0.1) is 13.0 Å². The lowest BCUT2D eigenvalue weighted by Gasteiger charge is -2.17. The van der Waals surface area contributed by atoms with Crippen molar-refractivity contribution in [3.8, 4) is 0 Å². The quantitative estimate of drug-likeness (QED) is 0.720. The van der Waals surface area contributed by atoms with Crippen LogP contribution in [0.2, 0.25) is 0 Å². The predicted octanol–water partition coefficient (Wildman–Crippen LogP) is 0.501. The predicted molar refractivity (Wildman–Crippen MR) is 56.5 cm³/mol. The Labute approximate surface area is 89.2 Å². The van der Waals surface area contributed by atoms with E-state index in [1.54, 1.807) is 0 Å². The second kappa shape index (κ2) is 4.06. The van der Waals surface area contributed by atoms with Gasteiger partial charge in [-0.1, -0.05) is 0 Å². The van der Waals surface area contributed by atoms with Crippen molar-refractivity contribution < 1.29 is 9.53 Å². The van der Waals surface area contributed by atoms with Gasteiger partial charge in [-0.05, 0) is 12.1 Å². The van der Waals surface area contributed by atoms with Gasteiger partial charge in [0.15, 0.2) is 0 Å². The van der Waals surface area contributed by atoms with Gasteiger partial charge in [-0.2, -0.15) is 0 Å². The molecule has 0 bridgehead atoms. The van der Waals surface area contributed by atoms with Crippen molar-refractivity contribution >= 4 is 5.97 Å². The number of carbonyl (C=O) groups excluding carboxylic acids is 1. The van der Waals surface area contributed by atoms with Crippen LogP contribution in [-0.4, -0.2) is 30.7 Å². The molecule has 1 fully saturated rings. The molecular formula is C11H16N2O2. The lowest BCUT2D eigenvalue weighted by molar-refractivity contribution is -0.145. The van der Waals surface area contributed by atoms with Gasteiger partial charge < -0.3 is 14.6 Å². The van der Waals surface area contributed by atoms with Crippen LogP contribution in [0.1, 0.15) is 11.6 Å². The maximum atomic E-state index is 11.6. The zero-order chi connectivity index (χ0) is 10.8. The molecule has 1 N–H and O–H groups in total. The van der Waals surface area contributed by atoms with Crippen molar-refractivity contribution in [2.75, 3.05) is 20.2 Å². The number of methoxy groups -OCH3 is 1. The fourth-order valence-corrected chi connectivity index (χ4v) is 2.25. The smallest absolute Gasteiger partial charge is 0.310 e. The maximum absolute atomic E-state index is 11.6. The number of nitrogens with zero attached hydrogens (tertiary/aromatic N) is 1. The van der Waals surface area contributed by atoms with Crippen molar-refractivity contribution in [2.24, 2.45) is 13.0 Å². The molecule has 2 rings (SSSR count). The Balaban J connectivity index is 2.22. The molecule has 0 unspecified atom stereocenters. The number of aromatic nitrogens is 1. The van der Waals surface area contributed by atoms with Crippen molar-refractivity contribution in [3.05, 3.63) is 24.0 Å². The molecule has 2 atom stereocenters. The third-order valence-electron chi connectivity index (χ3n) is 3.08. The lowest BCUT2D eigenvalue weighted by atomic mass is 9.93. The van der Waals surface area contributed by atoms with E-state index in [-0.39, 0.29) is 17.8 Å². The van der Waals surface area contributed by atoms with E-state index in [0.29, 0.717) is 6.54 Å². The SMILES string of the molecule is COC(=O)[C@H]1CNC[C@H]1c1cccn1C. The van der Waals surface area contributed by atoms with Crippen LogP contribution in [0.5, 0.6) is 0 Å². The highest BCUT2D eigenvalue weighted by Crippen LogP contribution is 2.28. The Hall–Kier alpha value is -1.29. The molecule has 0 amide bonds. The number of rotatable bonds is 2. The molecule has 1 saturated heterocycles. The summed E-state index contributed by atoms with van der Waals surface area (Å²) in [5, 5.41) is 3.24. The first kappa shape index (κ1) is 10.2. The van der Waals surface area contributed by atoms with Crippen LogP contribution >= 0.6 is 0 Å². The first-order valence-electron chi connectivity index (χ1n) is 5.14. The van der Waals surface area contributed by atoms with Gasteiger partial charge in [0.1, 0.15) is 0 Å². The molecule has 1 aromatic rings. The van der Waals surface area contributed by atoms with Gasteiger partial charge in [0, 0.05) is 37.9 Å². The molecule has 1 aliphatic heterocycles. The van der Waals surface area contributed by atoms with Crippen LogP contribution in [-0.2, 0) is 16.6 Å². The molecule has 0 spiro atoms. The Morgan fingerprint density at radius 3 is 3.00 bits per heavy atom. The molecule has 15 heavy (non-hydrogen) atoms. The fourth-order valence-electron chi connectivity index (χ4n) is 2.25. The molecule has 0 radical (unpaired) electrons. The van der Waals surface area contributed by atoms with Gasteiger partial charge >= 0.3 is 5.97 Å².